The van der Waals surface area contributed by atoms with Gasteiger partial charge in [-0.2, -0.15) is 0 Å². The molecule has 0 radical (unpaired) electrons. The van der Waals surface area contributed by atoms with Gasteiger partial charge in [-0.1, -0.05) is 19.3 Å². The summed E-state index contributed by atoms with van der Waals surface area (Å²) in [5.74, 6) is 1.69. The fourth-order valence-corrected chi connectivity index (χ4v) is 4.97. The first-order valence-electron chi connectivity index (χ1n) is 9.19. The van der Waals surface area contributed by atoms with Gasteiger partial charge in [0.2, 0.25) is 0 Å². The molecule has 24 heavy (non-hydrogen) atoms. The van der Waals surface area contributed by atoms with Gasteiger partial charge < -0.3 is 0 Å². The normalized spacial score (nSPS) is 19.4. The second kappa shape index (κ2) is 6.89. The minimum Gasteiger partial charge on any atom is -0.292 e. The smallest absolute Gasteiger partial charge is 0.131 e. The summed E-state index contributed by atoms with van der Waals surface area (Å²) in [7, 11) is 0. The van der Waals surface area contributed by atoms with Crippen LogP contribution in [0, 0.1) is 13.8 Å². The molecule has 2 aromatic heterocycles. The summed E-state index contributed by atoms with van der Waals surface area (Å²) in [4.78, 5) is 18.2. The van der Waals surface area contributed by atoms with Crippen molar-refractivity contribution in [1.29, 1.82) is 0 Å². The average molecular weight is 343 g/mol. The van der Waals surface area contributed by atoms with E-state index < -0.39 is 0 Å². The second-order valence-electron chi connectivity index (χ2n) is 7.24. The molecule has 3 heterocycles. The molecule has 1 saturated carbocycles. The van der Waals surface area contributed by atoms with E-state index in [1.165, 1.54) is 58.9 Å². The molecule has 0 spiro atoms. The van der Waals surface area contributed by atoms with Crippen molar-refractivity contribution in [2.45, 2.75) is 71.4 Å². The number of rotatable bonds is 3. The van der Waals surface area contributed by atoms with Gasteiger partial charge in [0.15, 0.2) is 0 Å². The lowest BCUT2D eigenvalue weighted by Gasteiger charge is -2.28. The standard InChI is InChI=1S/C19H26N4S/c1-13-18(24-14(2)21-13)12-23-9-8-16-10-20-19(22-17(16)11-23)15-6-4-3-5-7-15/h10,15H,3-9,11-12H2,1-2H3. The first-order chi connectivity index (χ1) is 11.7. The molecule has 0 bridgehead atoms. The van der Waals surface area contributed by atoms with Gasteiger partial charge >= 0.3 is 0 Å². The molecule has 0 N–H and O–H groups in total. The number of hydrogen-bond acceptors (Lipinski definition) is 5. The Bertz CT molecular complexity index is 718. The zero-order chi connectivity index (χ0) is 16.5. The summed E-state index contributed by atoms with van der Waals surface area (Å²) >= 11 is 1.83. The van der Waals surface area contributed by atoms with E-state index in [-0.39, 0.29) is 0 Å². The monoisotopic (exact) mass is 342 g/mol. The van der Waals surface area contributed by atoms with E-state index in [9.17, 15) is 0 Å². The molecule has 1 aliphatic heterocycles. The molecule has 128 valence electrons. The maximum absolute atomic E-state index is 4.99. The van der Waals surface area contributed by atoms with Crippen LogP contribution in [0.4, 0.5) is 0 Å². The highest BCUT2D eigenvalue weighted by Crippen LogP contribution is 2.31. The number of hydrogen-bond donors (Lipinski definition) is 0. The number of thiazole rings is 1. The van der Waals surface area contributed by atoms with Crippen molar-refractivity contribution < 1.29 is 0 Å². The fourth-order valence-electron chi connectivity index (χ4n) is 3.99. The molecule has 4 rings (SSSR count). The Labute approximate surface area is 148 Å². The van der Waals surface area contributed by atoms with Gasteiger partial charge in [0.05, 0.1) is 16.4 Å². The van der Waals surface area contributed by atoms with Crippen LogP contribution in [0.2, 0.25) is 0 Å². The Balaban J connectivity index is 1.49. The molecule has 2 aliphatic rings. The maximum Gasteiger partial charge on any atom is 0.131 e. The molecular weight excluding hydrogens is 316 g/mol. The highest BCUT2D eigenvalue weighted by molar-refractivity contribution is 7.11. The molecule has 0 aromatic carbocycles. The third-order valence-electron chi connectivity index (χ3n) is 5.38. The van der Waals surface area contributed by atoms with E-state index in [0.29, 0.717) is 5.92 Å². The molecule has 0 atom stereocenters. The number of aryl methyl sites for hydroxylation is 2. The second-order valence-corrected chi connectivity index (χ2v) is 8.52. The number of nitrogens with zero attached hydrogens (tertiary/aromatic N) is 4. The highest BCUT2D eigenvalue weighted by atomic mass is 32.1. The van der Waals surface area contributed by atoms with Crippen LogP contribution in [0.3, 0.4) is 0 Å². The summed E-state index contributed by atoms with van der Waals surface area (Å²) in [6.07, 6.45) is 9.75. The van der Waals surface area contributed by atoms with Gasteiger partial charge in [-0.15, -0.1) is 11.3 Å². The third kappa shape index (κ3) is 3.38. The van der Waals surface area contributed by atoms with Crippen molar-refractivity contribution in [2.75, 3.05) is 6.54 Å². The molecular formula is C19H26N4S. The molecule has 0 saturated heterocycles. The highest BCUT2D eigenvalue weighted by Gasteiger charge is 2.23. The van der Waals surface area contributed by atoms with Crippen molar-refractivity contribution in [3.05, 3.63) is 38.9 Å². The topological polar surface area (TPSA) is 41.9 Å². The van der Waals surface area contributed by atoms with Crippen molar-refractivity contribution >= 4 is 11.3 Å². The van der Waals surface area contributed by atoms with Gasteiger partial charge in [-0.25, -0.2) is 15.0 Å². The molecule has 4 nitrogen and oxygen atoms in total. The van der Waals surface area contributed by atoms with Gasteiger partial charge in [0, 0.05) is 36.6 Å². The minimum atomic E-state index is 0.589. The summed E-state index contributed by atoms with van der Waals surface area (Å²) in [5.41, 5.74) is 3.80. The molecule has 1 aliphatic carbocycles. The van der Waals surface area contributed by atoms with Crippen LogP contribution >= 0.6 is 11.3 Å². The number of aromatic nitrogens is 3. The maximum atomic E-state index is 4.99. The minimum absolute atomic E-state index is 0.589. The molecule has 0 unspecified atom stereocenters. The van der Waals surface area contributed by atoms with E-state index in [0.717, 1.165) is 31.9 Å². The zero-order valence-corrected chi connectivity index (χ0v) is 15.5. The van der Waals surface area contributed by atoms with Gasteiger partial charge in [0.1, 0.15) is 5.82 Å². The largest absolute Gasteiger partial charge is 0.292 e. The van der Waals surface area contributed by atoms with Crippen molar-refractivity contribution in [3.63, 3.8) is 0 Å². The lowest BCUT2D eigenvalue weighted by Crippen LogP contribution is -2.31. The van der Waals surface area contributed by atoms with Crippen LogP contribution in [0.25, 0.3) is 0 Å². The first-order valence-corrected chi connectivity index (χ1v) is 10.0. The van der Waals surface area contributed by atoms with E-state index >= 15 is 0 Å². The van der Waals surface area contributed by atoms with Crippen molar-refractivity contribution in [3.8, 4) is 0 Å². The van der Waals surface area contributed by atoms with Crippen LogP contribution in [-0.4, -0.2) is 26.4 Å². The Morgan fingerprint density at radius 1 is 1.17 bits per heavy atom. The first kappa shape index (κ1) is 16.2. The van der Waals surface area contributed by atoms with Gasteiger partial charge in [-0.3, -0.25) is 4.90 Å². The molecule has 5 heteroatoms. The Kier molecular flexibility index (Phi) is 4.63. The number of fused-ring (bicyclic) bond motifs is 1. The average Bonchev–Trinajstić information content (AvgIpc) is 2.92. The summed E-state index contributed by atoms with van der Waals surface area (Å²) < 4.78 is 0. The summed E-state index contributed by atoms with van der Waals surface area (Å²) in [6.45, 7) is 7.26. The lowest BCUT2D eigenvalue weighted by molar-refractivity contribution is 0.241. The third-order valence-corrected chi connectivity index (χ3v) is 6.44. The van der Waals surface area contributed by atoms with Crippen LogP contribution in [0.1, 0.15) is 70.7 Å². The van der Waals surface area contributed by atoms with E-state index in [4.69, 9.17) is 9.97 Å². The molecule has 0 amide bonds. The van der Waals surface area contributed by atoms with Crippen LogP contribution in [-0.2, 0) is 19.5 Å². The SMILES string of the molecule is Cc1nc(C)c(CN2CCc3cnc(C4CCCCC4)nc3C2)s1. The Morgan fingerprint density at radius 2 is 2.00 bits per heavy atom. The molecule has 1 fully saturated rings. The van der Waals surface area contributed by atoms with E-state index in [1.54, 1.807) is 0 Å². The summed E-state index contributed by atoms with van der Waals surface area (Å²) in [6, 6.07) is 0. The van der Waals surface area contributed by atoms with E-state index in [1.807, 2.05) is 11.3 Å². The van der Waals surface area contributed by atoms with Gasteiger partial charge in [0.25, 0.3) is 0 Å². The summed E-state index contributed by atoms with van der Waals surface area (Å²) in [5, 5.41) is 1.17. The zero-order valence-electron chi connectivity index (χ0n) is 14.7. The Morgan fingerprint density at radius 3 is 2.75 bits per heavy atom. The van der Waals surface area contributed by atoms with Gasteiger partial charge in [-0.05, 0) is 38.7 Å². The fraction of sp³-hybridized carbons (Fsp3) is 0.632. The Hall–Kier alpha value is -1.33. The predicted octanol–water partition coefficient (Wildman–Crippen LogP) is 4.16. The predicted molar refractivity (Wildman–Crippen MR) is 97.3 cm³/mol. The lowest BCUT2D eigenvalue weighted by atomic mass is 9.88. The van der Waals surface area contributed by atoms with Crippen LogP contribution in [0.5, 0.6) is 0 Å². The quantitative estimate of drug-likeness (QED) is 0.840. The van der Waals surface area contributed by atoms with Crippen molar-refractivity contribution in [2.24, 2.45) is 0 Å². The van der Waals surface area contributed by atoms with Crippen LogP contribution < -0.4 is 0 Å². The van der Waals surface area contributed by atoms with Crippen molar-refractivity contribution in [1.82, 2.24) is 19.9 Å². The van der Waals surface area contributed by atoms with Crippen LogP contribution in [0.15, 0.2) is 6.20 Å². The van der Waals surface area contributed by atoms with E-state index in [2.05, 4.69) is 29.9 Å². The molecule has 2 aromatic rings.